The fourth-order valence-corrected chi connectivity index (χ4v) is 4.60. The standard InChI is InChI=1S/C21H20N2O4S2/c24-20(22-12-6-14-29(26,27)18-9-2-1-3-10-18)16-7-4-8-17(15-16)23-21(25)19-11-5-13-28-19/h1-5,7-11,13,15H,6,12,14H2,(H,22,24)(H,23,25). The van der Waals surface area contributed by atoms with Crippen molar-refractivity contribution < 1.29 is 18.0 Å². The minimum absolute atomic E-state index is 0.0474. The van der Waals surface area contributed by atoms with E-state index in [0.717, 1.165) is 0 Å². The van der Waals surface area contributed by atoms with Gasteiger partial charge >= 0.3 is 0 Å². The van der Waals surface area contributed by atoms with Gasteiger partial charge in [-0.05, 0) is 48.2 Å². The first kappa shape index (κ1) is 20.8. The summed E-state index contributed by atoms with van der Waals surface area (Å²) in [5.74, 6) is -0.605. The molecule has 3 rings (SSSR count). The summed E-state index contributed by atoms with van der Waals surface area (Å²) in [6.45, 7) is 0.233. The molecular formula is C21H20N2O4S2. The van der Waals surface area contributed by atoms with Gasteiger partial charge in [-0.25, -0.2) is 8.42 Å². The van der Waals surface area contributed by atoms with Gasteiger partial charge in [0.05, 0.1) is 15.5 Å². The minimum atomic E-state index is -3.36. The van der Waals surface area contributed by atoms with Gasteiger partial charge in [0.15, 0.2) is 9.84 Å². The van der Waals surface area contributed by atoms with E-state index >= 15 is 0 Å². The van der Waals surface area contributed by atoms with E-state index in [1.807, 2.05) is 5.38 Å². The maximum atomic E-state index is 12.3. The van der Waals surface area contributed by atoms with Crippen LogP contribution < -0.4 is 10.6 Å². The van der Waals surface area contributed by atoms with Gasteiger partial charge in [0.25, 0.3) is 11.8 Å². The van der Waals surface area contributed by atoms with Gasteiger partial charge in [-0.2, -0.15) is 0 Å². The smallest absolute Gasteiger partial charge is 0.265 e. The number of sulfone groups is 1. The molecule has 0 spiro atoms. The van der Waals surface area contributed by atoms with E-state index in [2.05, 4.69) is 10.6 Å². The van der Waals surface area contributed by atoms with Crippen molar-refractivity contribution in [2.45, 2.75) is 11.3 Å². The largest absolute Gasteiger partial charge is 0.352 e. The predicted molar refractivity (Wildman–Crippen MR) is 114 cm³/mol. The van der Waals surface area contributed by atoms with E-state index in [9.17, 15) is 18.0 Å². The van der Waals surface area contributed by atoms with E-state index in [1.54, 1.807) is 66.7 Å². The van der Waals surface area contributed by atoms with Crippen LogP contribution in [-0.2, 0) is 9.84 Å². The first-order valence-electron chi connectivity index (χ1n) is 8.97. The van der Waals surface area contributed by atoms with Crippen LogP contribution in [0.5, 0.6) is 0 Å². The number of benzene rings is 2. The zero-order chi connectivity index (χ0) is 20.7. The van der Waals surface area contributed by atoms with Gasteiger partial charge in [0.2, 0.25) is 0 Å². The van der Waals surface area contributed by atoms with Crippen molar-refractivity contribution in [2.75, 3.05) is 17.6 Å². The van der Waals surface area contributed by atoms with Crippen LogP contribution in [-0.4, -0.2) is 32.5 Å². The third-order valence-corrected chi connectivity index (χ3v) is 6.79. The maximum Gasteiger partial charge on any atom is 0.265 e. The lowest BCUT2D eigenvalue weighted by Gasteiger charge is -2.08. The Morgan fingerprint density at radius 2 is 1.69 bits per heavy atom. The van der Waals surface area contributed by atoms with E-state index in [1.165, 1.54) is 11.3 Å². The van der Waals surface area contributed by atoms with Gasteiger partial charge in [-0.1, -0.05) is 30.3 Å². The van der Waals surface area contributed by atoms with Gasteiger partial charge in [0.1, 0.15) is 0 Å². The molecule has 0 saturated carbocycles. The van der Waals surface area contributed by atoms with E-state index in [0.29, 0.717) is 22.5 Å². The molecule has 0 aliphatic rings. The Morgan fingerprint density at radius 1 is 0.897 bits per heavy atom. The van der Waals surface area contributed by atoms with Crippen molar-refractivity contribution in [3.63, 3.8) is 0 Å². The quantitative estimate of drug-likeness (QED) is 0.536. The zero-order valence-electron chi connectivity index (χ0n) is 15.5. The second-order valence-electron chi connectivity index (χ2n) is 6.25. The van der Waals surface area contributed by atoms with Crippen LogP contribution in [0.2, 0.25) is 0 Å². The average molecular weight is 429 g/mol. The number of carbonyl (C=O) groups excluding carboxylic acids is 2. The van der Waals surface area contributed by atoms with Gasteiger partial charge in [0, 0.05) is 17.8 Å². The zero-order valence-corrected chi connectivity index (χ0v) is 17.1. The summed E-state index contributed by atoms with van der Waals surface area (Å²) < 4.78 is 24.5. The molecule has 2 amide bonds. The number of amides is 2. The van der Waals surface area contributed by atoms with Crippen LogP contribution in [0, 0.1) is 0 Å². The third-order valence-electron chi connectivity index (χ3n) is 4.11. The fraction of sp³-hybridized carbons (Fsp3) is 0.143. The Balaban J connectivity index is 1.51. The van der Waals surface area contributed by atoms with Crippen molar-refractivity contribution in [1.29, 1.82) is 0 Å². The van der Waals surface area contributed by atoms with Crippen LogP contribution in [0.1, 0.15) is 26.5 Å². The Labute approximate surface area is 173 Å². The summed E-state index contributed by atoms with van der Waals surface area (Å²) in [6.07, 6.45) is 0.303. The van der Waals surface area contributed by atoms with Gasteiger partial charge in [-0.15, -0.1) is 11.3 Å². The highest BCUT2D eigenvalue weighted by atomic mass is 32.2. The summed E-state index contributed by atoms with van der Waals surface area (Å²) in [7, 11) is -3.36. The molecule has 0 radical (unpaired) electrons. The first-order valence-corrected chi connectivity index (χ1v) is 11.5. The van der Waals surface area contributed by atoms with E-state index in [-0.39, 0.29) is 29.0 Å². The molecule has 6 nitrogen and oxygen atoms in total. The molecule has 0 aliphatic carbocycles. The van der Waals surface area contributed by atoms with E-state index in [4.69, 9.17) is 0 Å². The fourth-order valence-electron chi connectivity index (χ4n) is 2.65. The second-order valence-corrected chi connectivity index (χ2v) is 9.31. The van der Waals surface area contributed by atoms with Crippen molar-refractivity contribution in [2.24, 2.45) is 0 Å². The topological polar surface area (TPSA) is 92.3 Å². The molecule has 0 atom stereocenters. The van der Waals surface area contributed by atoms with Crippen LogP contribution in [0.15, 0.2) is 77.0 Å². The number of anilines is 1. The van der Waals surface area contributed by atoms with Crippen LogP contribution in [0.25, 0.3) is 0 Å². The molecule has 0 unspecified atom stereocenters. The SMILES string of the molecule is O=C(NCCCS(=O)(=O)c1ccccc1)c1cccc(NC(=O)c2cccs2)c1. The maximum absolute atomic E-state index is 12.3. The van der Waals surface area contributed by atoms with Crippen LogP contribution in [0.4, 0.5) is 5.69 Å². The summed E-state index contributed by atoms with van der Waals surface area (Å²) >= 11 is 1.33. The number of hydrogen-bond donors (Lipinski definition) is 2. The summed E-state index contributed by atoms with van der Waals surface area (Å²) in [4.78, 5) is 25.3. The summed E-state index contributed by atoms with van der Waals surface area (Å²) in [5, 5.41) is 7.29. The number of hydrogen-bond acceptors (Lipinski definition) is 5. The lowest BCUT2D eigenvalue weighted by atomic mass is 10.2. The summed E-state index contributed by atoms with van der Waals surface area (Å²) in [6, 6.07) is 18.4. The van der Waals surface area contributed by atoms with Crippen molar-refractivity contribution in [3.8, 4) is 0 Å². The lowest BCUT2D eigenvalue weighted by molar-refractivity contribution is 0.0952. The number of nitrogens with one attached hydrogen (secondary N) is 2. The highest BCUT2D eigenvalue weighted by Gasteiger charge is 2.14. The summed E-state index contributed by atoms with van der Waals surface area (Å²) in [5.41, 5.74) is 0.905. The normalized spacial score (nSPS) is 11.0. The molecule has 1 aromatic heterocycles. The van der Waals surface area contributed by atoms with Gasteiger partial charge < -0.3 is 10.6 Å². The molecule has 2 aromatic carbocycles. The van der Waals surface area contributed by atoms with Crippen LogP contribution >= 0.6 is 11.3 Å². The monoisotopic (exact) mass is 428 g/mol. The molecule has 1 heterocycles. The van der Waals surface area contributed by atoms with Crippen LogP contribution in [0.3, 0.4) is 0 Å². The molecular weight excluding hydrogens is 408 g/mol. The Morgan fingerprint density at radius 3 is 2.41 bits per heavy atom. The molecule has 8 heteroatoms. The predicted octanol–water partition coefficient (Wildman–Crippen LogP) is 3.59. The number of thiophene rings is 1. The number of carbonyl (C=O) groups is 2. The van der Waals surface area contributed by atoms with E-state index < -0.39 is 9.84 Å². The Kier molecular flexibility index (Phi) is 6.79. The third kappa shape index (κ3) is 5.75. The Bertz CT molecular complexity index is 1080. The lowest BCUT2D eigenvalue weighted by Crippen LogP contribution is -2.26. The molecule has 0 fully saturated rings. The minimum Gasteiger partial charge on any atom is -0.352 e. The van der Waals surface area contributed by atoms with Gasteiger partial charge in [-0.3, -0.25) is 9.59 Å². The molecule has 0 bridgehead atoms. The molecule has 3 aromatic rings. The van der Waals surface area contributed by atoms with Crippen molar-refractivity contribution >= 4 is 38.7 Å². The molecule has 0 aliphatic heterocycles. The molecule has 29 heavy (non-hydrogen) atoms. The first-order chi connectivity index (χ1) is 14.0. The highest BCUT2D eigenvalue weighted by Crippen LogP contribution is 2.15. The molecule has 150 valence electrons. The molecule has 2 N–H and O–H groups in total. The van der Waals surface area contributed by atoms with Crippen molar-refractivity contribution in [1.82, 2.24) is 5.32 Å². The molecule has 0 saturated heterocycles. The second kappa shape index (κ2) is 9.49. The van der Waals surface area contributed by atoms with Crippen molar-refractivity contribution in [3.05, 3.63) is 82.6 Å². The highest BCUT2D eigenvalue weighted by molar-refractivity contribution is 7.91. The Hall–Kier alpha value is -2.97. The average Bonchev–Trinajstić information content (AvgIpc) is 3.27. The number of rotatable bonds is 8.